The molecule has 68 valence electrons. The lowest BCUT2D eigenvalue weighted by molar-refractivity contribution is 0.788. The molecule has 2 aromatic rings. The first-order chi connectivity index (χ1) is 6.42. The molecule has 0 spiro atoms. The molecule has 0 aliphatic heterocycles. The molecule has 0 amide bonds. The van der Waals surface area contributed by atoms with Crippen LogP contribution in [0, 0.1) is 0 Å². The average molecular weight is 191 g/mol. The first-order valence-electron chi connectivity index (χ1n) is 4.75. The van der Waals surface area contributed by atoms with Gasteiger partial charge in [-0.15, -0.1) is 0 Å². The minimum absolute atomic E-state index is 1.13. The molecule has 1 aromatic carbocycles. The molecule has 0 radical (unpaired) electrons. The number of fused-ring (bicyclic) bond motifs is 1. The summed E-state index contributed by atoms with van der Waals surface area (Å²) in [5.74, 6) is 0. The molecule has 0 fully saturated rings. The van der Waals surface area contributed by atoms with Crippen molar-refractivity contribution in [2.45, 2.75) is 26.2 Å². The summed E-state index contributed by atoms with van der Waals surface area (Å²) >= 11 is 1.61. The van der Waals surface area contributed by atoms with Gasteiger partial charge in [0.25, 0.3) is 0 Å². The Bertz CT molecular complexity index is 392. The monoisotopic (exact) mass is 191 g/mol. The molecule has 0 N–H and O–H groups in total. The Kier molecular flexibility index (Phi) is 2.60. The molecule has 1 heterocycles. The Hall–Kier alpha value is -0.890. The van der Waals surface area contributed by atoms with Crippen molar-refractivity contribution in [3.05, 3.63) is 30.0 Å². The number of unbranched alkanes of at least 4 members (excludes halogenated alkanes) is 1. The van der Waals surface area contributed by atoms with Gasteiger partial charge < -0.3 is 0 Å². The fourth-order valence-electron chi connectivity index (χ4n) is 1.46. The highest BCUT2D eigenvalue weighted by atomic mass is 32.1. The standard InChI is InChI=1S/C11H13NS/c1-2-3-7-10-9-6-4-5-8-11(9)13-12-10/h4-6,8H,2-3,7H2,1H3. The van der Waals surface area contributed by atoms with Gasteiger partial charge in [0.05, 0.1) is 10.4 Å². The van der Waals surface area contributed by atoms with Crippen molar-refractivity contribution in [2.75, 3.05) is 0 Å². The summed E-state index contributed by atoms with van der Waals surface area (Å²) in [5.41, 5.74) is 1.28. The summed E-state index contributed by atoms with van der Waals surface area (Å²) < 4.78 is 5.79. The summed E-state index contributed by atoms with van der Waals surface area (Å²) in [6.45, 7) is 2.22. The van der Waals surface area contributed by atoms with Crippen LogP contribution in [0.1, 0.15) is 25.5 Å². The zero-order valence-corrected chi connectivity index (χ0v) is 8.60. The van der Waals surface area contributed by atoms with Crippen molar-refractivity contribution < 1.29 is 0 Å². The van der Waals surface area contributed by atoms with Crippen LogP contribution < -0.4 is 0 Å². The van der Waals surface area contributed by atoms with E-state index < -0.39 is 0 Å². The van der Waals surface area contributed by atoms with Crippen LogP contribution in [0.25, 0.3) is 10.1 Å². The summed E-state index contributed by atoms with van der Waals surface area (Å²) in [7, 11) is 0. The highest BCUT2D eigenvalue weighted by molar-refractivity contribution is 7.13. The van der Waals surface area contributed by atoms with Crippen molar-refractivity contribution >= 4 is 21.6 Å². The second-order valence-corrected chi connectivity index (χ2v) is 4.03. The summed E-state index contributed by atoms with van der Waals surface area (Å²) in [5, 5.41) is 1.35. The molecule has 1 aromatic heterocycles. The van der Waals surface area contributed by atoms with Crippen LogP contribution in [0.4, 0.5) is 0 Å². The number of aryl methyl sites for hydroxylation is 1. The summed E-state index contributed by atoms with van der Waals surface area (Å²) in [6, 6.07) is 8.47. The Labute approximate surface area is 82.6 Å². The van der Waals surface area contributed by atoms with E-state index in [9.17, 15) is 0 Å². The van der Waals surface area contributed by atoms with E-state index in [1.165, 1.54) is 28.6 Å². The highest BCUT2D eigenvalue weighted by Crippen LogP contribution is 2.23. The van der Waals surface area contributed by atoms with Gasteiger partial charge in [-0.25, -0.2) is 0 Å². The predicted octanol–water partition coefficient (Wildman–Crippen LogP) is 3.64. The molecule has 0 atom stereocenters. The van der Waals surface area contributed by atoms with Crippen LogP contribution in [0.3, 0.4) is 0 Å². The molecular formula is C11H13NS. The quantitative estimate of drug-likeness (QED) is 0.721. The van der Waals surface area contributed by atoms with E-state index in [0.717, 1.165) is 6.42 Å². The lowest BCUT2D eigenvalue weighted by atomic mass is 10.1. The molecule has 0 aliphatic rings. The van der Waals surface area contributed by atoms with E-state index in [2.05, 4.69) is 35.6 Å². The van der Waals surface area contributed by atoms with Crippen molar-refractivity contribution in [1.29, 1.82) is 0 Å². The molecule has 2 heteroatoms. The lowest BCUT2D eigenvalue weighted by Gasteiger charge is -1.94. The highest BCUT2D eigenvalue weighted by Gasteiger charge is 2.03. The third-order valence-electron chi connectivity index (χ3n) is 2.22. The Morgan fingerprint density at radius 3 is 3.00 bits per heavy atom. The van der Waals surface area contributed by atoms with Gasteiger partial charge in [0.1, 0.15) is 0 Å². The van der Waals surface area contributed by atoms with Crippen LogP contribution in [0.5, 0.6) is 0 Å². The van der Waals surface area contributed by atoms with Crippen LogP contribution in [-0.2, 0) is 6.42 Å². The second kappa shape index (κ2) is 3.88. The summed E-state index contributed by atoms with van der Waals surface area (Å²) in [6.07, 6.45) is 3.61. The van der Waals surface area contributed by atoms with Crippen molar-refractivity contribution in [2.24, 2.45) is 0 Å². The number of hydrogen-bond donors (Lipinski definition) is 0. The SMILES string of the molecule is CCCCc1nsc2ccccc12. The van der Waals surface area contributed by atoms with Gasteiger partial charge in [-0.2, -0.15) is 4.37 Å². The largest absolute Gasteiger partial charge is 0.196 e. The molecule has 13 heavy (non-hydrogen) atoms. The molecule has 0 aliphatic carbocycles. The Morgan fingerprint density at radius 2 is 2.15 bits per heavy atom. The first-order valence-corrected chi connectivity index (χ1v) is 5.52. The first kappa shape index (κ1) is 8.70. The predicted molar refractivity (Wildman–Crippen MR) is 58.2 cm³/mol. The Morgan fingerprint density at radius 1 is 1.31 bits per heavy atom. The maximum atomic E-state index is 4.47. The number of benzene rings is 1. The topological polar surface area (TPSA) is 12.9 Å². The molecule has 0 bridgehead atoms. The normalized spacial score (nSPS) is 10.8. The zero-order valence-electron chi connectivity index (χ0n) is 7.79. The van der Waals surface area contributed by atoms with E-state index >= 15 is 0 Å². The fourth-order valence-corrected chi connectivity index (χ4v) is 2.28. The van der Waals surface area contributed by atoms with E-state index in [1.807, 2.05) is 0 Å². The van der Waals surface area contributed by atoms with Gasteiger partial charge in [-0.05, 0) is 30.4 Å². The minimum atomic E-state index is 1.13. The van der Waals surface area contributed by atoms with Crippen molar-refractivity contribution in [3.63, 3.8) is 0 Å². The second-order valence-electron chi connectivity index (χ2n) is 3.23. The van der Waals surface area contributed by atoms with Crippen molar-refractivity contribution in [3.8, 4) is 0 Å². The number of rotatable bonds is 3. The summed E-state index contributed by atoms with van der Waals surface area (Å²) in [4.78, 5) is 0. The van der Waals surface area contributed by atoms with Crippen LogP contribution >= 0.6 is 11.5 Å². The smallest absolute Gasteiger partial charge is 0.0620 e. The molecular weight excluding hydrogens is 178 g/mol. The van der Waals surface area contributed by atoms with E-state index in [-0.39, 0.29) is 0 Å². The van der Waals surface area contributed by atoms with Crippen molar-refractivity contribution in [1.82, 2.24) is 4.37 Å². The van der Waals surface area contributed by atoms with Gasteiger partial charge in [0.15, 0.2) is 0 Å². The minimum Gasteiger partial charge on any atom is -0.196 e. The molecule has 1 nitrogen and oxygen atoms in total. The van der Waals surface area contributed by atoms with Gasteiger partial charge >= 0.3 is 0 Å². The van der Waals surface area contributed by atoms with Crippen LogP contribution in [0.15, 0.2) is 24.3 Å². The maximum Gasteiger partial charge on any atom is 0.0620 e. The third kappa shape index (κ3) is 1.73. The van der Waals surface area contributed by atoms with E-state index in [4.69, 9.17) is 0 Å². The fraction of sp³-hybridized carbons (Fsp3) is 0.364. The molecule has 0 unspecified atom stereocenters. The van der Waals surface area contributed by atoms with Gasteiger partial charge in [0, 0.05) is 5.39 Å². The zero-order chi connectivity index (χ0) is 9.10. The number of hydrogen-bond acceptors (Lipinski definition) is 2. The van der Waals surface area contributed by atoms with E-state index in [1.54, 1.807) is 11.5 Å². The van der Waals surface area contributed by atoms with Crippen LogP contribution in [0.2, 0.25) is 0 Å². The molecule has 2 rings (SSSR count). The van der Waals surface area contributed by atoms with Gasteiger partial charge in [0.2, 0.25) is 0 Å². The number of aromatic nitrogens is 1. The maximum absolute atomic E-state index is 4.47. The Balaban J connectivity index is 2.35. The average Bonchev–Trinajstić information content (AvgIpc) is 2.58. The van der Waals surface area contributed by atoms with Gasteiger partial charge in [-0.3, -0.25) is 0 Å². The lowest BCUT2D eigenvalue weighted by Crippen LogP contribution is -1.83. The number of nitrogens with zero attached hydrogens (tertiary/aromatic N) is 1. The van der Waals surface area contributed by atoms with E-state index in [0.29, 0.717) is 0 Å². The third-order valence-corrected chi connectivity index (χ3v) is 3.08. The molecule has 0 saturated carbocycles. The molecule has 0 saturated heterocycles. The van der Waals surface area contributed by atoms with Gasteiger partial charge in [-0.1, -0.05) is 31.5 Å². The van der Waals surface area contributed by atoms with Crippen LogP contribution in [-0.4, -0.2) is 4.37 Å².